The maximum atomic E-state index is 12.6. The molecule has 0 aromatic carbocycles. The van der Waals surface area contributed by atoms with Crippen molar-refractivity contribution < 1.29 is 28.0 Å². The monoisotopic (exact) mass is 386 g/mol. The number of pyridine rings is 1. The number of anilines is 1. The maximum absolute atomic E-state index is 12.6. The van der Waals surface area contributed by atoms with Crippen LogP contribution in [0.2, 0.25) is 0 Å². The number of nitrogens with one attached hydrogen (secondary N) is 2. The van der Waals surface area contributed by atoms with Crippen LogP contribution in [0.5, 0.6) is 0 Å². The van der Waals surface area contributed by atoms with Crippen molar-refractivity contribution in [1.82, 2.24) is 9.78 Å². The number of rotatable bonds is 4. The van der Waals surface area contributed by atoms with E-state index in [-0.39, 0.29) is 5.69 Å². The van der Waals surface area contributed by atoms with Crippen molar-refractivity contribution in [3.63, 3.8) is 0 Å². The molecular formula is C16H21F3N6O2+2. The lowest BCUT2D eigenvalue weighted by Gasteiger charge is -2.28. The van der Waals surface area contributed by atoms with Crippen molar-refractivity contribution in [3.8, 4) is 0 Å². The van der Waals surface area contributed by atoms with Crippen molar-refractivity contribution in [2.75, 3.05) is 31.1 Å². The Hall–Kier alpha value is -2.69. The molecule has 3 rings (SSSR count). The van der Waals surface area contributed by atoms with E-state index in [1.807, 2.05) is 4.90 Å². The molecule has 0 amide bonds. The number of quaternary nitrogens is 1. The fraction of sp³-hybridized carbons (Fsp3) is 0.500. The Bertz CT molecular complexity index is 826. The van der Waals surface area contributed by atoms with Crippen molar-refractivity contribution in [2.45, 2.75) is 26.7 Å². The van der Waals surface area contributed by atoms with Gasteiger partial charge in [0.1, 0.15) is 43.8 Å². The predicted molar refractivity (Wildman–Crippen MR) is 89.3 cm³/mol. The third-order valence-electron chi connectivity index (χ3n) is 4.83. The Morgan fingerprint density at radius 1 is 1.30 bits per heavy atom. The summed E-state index contributed by atoms with van der Waals surface area (Å²) in [6.07, 6.45) is -3.39. The summed E-state index contributed by atoms with van der Waals surface area (Å²) in [5, 5.41) is 15.4. The summed E-state index contributed by atoms with van der Waals surface area (Å²) in [5.74, 6) is 0.642. The lowest BCUT2D eigenvalue weighted by atomic mass is 10.2. The zero-order valence-electron chi connectivity index (χ0n) is 15.0. The number of aromatic amines is 1. The molecule has 0 radical (unpaired) electrons. The summed E-state index contributed by atoms with van der Waals surface area (Å²) >= 11 is 0. The number of hydrogen-bond donors (Lipinski definition) is 1. The van der Waals surface area contributed by atoms with Crippen LogP contribution in [0.4, 0.5) is 24.7 Å². The van der Waals surface area contributed by atoms with Crippen molar-refractivity contribution >= 4 is 11.5 Å². The highest BCUT2D eigenvalue weighted by molar-refractivity contribution is 5.39. The van der Waals surface area contributed by atoms with E-state index < -0.39 is 16.7 Å². The minimum absolute atomic E-state index is 0.0485. The highest BCUT2D eigenvalue weighted by atomic mass is 19.4. The Kier molecular flexibility index (Phi) is 5.05. The topological polar surface area (TPSA) is 82.8 Å². The molecule has 8 nitrogen and oxygen atoms in total. The molecule has 0 atom stereocenters. The van der Waals surface area contributed by atoms with Crippen LogP contribution in [-0.4, -0.2) is 40.9 Å². The first-order valence-corrected chi connectivity index (χ1v) is 8.52. The van der Waals surface area contributed by atoms with Gasteiger partial charge in [-0.3, -0.25) is 15.0 Å². The van der Waals surface area contributed by atoms with E-state index in [1.54, 1.807) is 18.5 Å². The van der Waals surface area contributed by atoms with Gasteiger partial charge in [-0.2, -0.15) is 18.3 Å². The molecule has 0 unspecified atom stereocenters. The number of nitrogens with zero attached hydrogens (tertiary/aromatic N) is 4. The largest absolute Gasteiger partial charge is 0.419 e. The van der Waals surface area contributed by atoms with E-state index >= 15 is 0 Å². The van der Waals surface area contributed by atoms with Gasteiger partial charge in [-0.05, 0) is 19.9 Å². The molecule has 27 heavy (non-hydrogen) atoms. The second-order valence-corrected chi connectivity index (χ2v) is 6.63. The molecule has 3 heterocycles. The highest BCUT2D eigenvalue weighted by Gasteiger charge is 2.33. The standard InChI is InChI=1S/C16H19F3N6O2/c1-11-15(25(26)27)12(2)24(21-11)10-22-5-7-23(8-6-22)14-4-3-13(9-20-14)16(17,18)19/h3-4,9H,5-8,10H2,1-2H3/p+2. The molecule has 1 aliphatic rings. The van der Waals surface area contributed by atoms with Gasteiger partial charge in [-0.15, -0.1) is 0 Å². The number of hydrogen-bond acceptors (Lipinski definition) is 4. The Morgan fingerprint density at radius 3 is 2.44 bits per heavy atom. The predicted octanol–water partition coefficient (Wildman–Crippen LogP) is 0.604. The average Bonchev–Trinajstić information content (AvgIpc) is 2.88. The molecule has 0 aliphatic carbocycles. The van der Waals surface area contributed by atoms with E-state index in [2.05, 4.69) is 10.1 Å². The minimum atomic E-state index is -4.36. The molecule has 2 aromatic rings. The number of aromatic nitrogens is 3. The lowest BCUT2D eigenvalue weighted by Crippen LogP contribution is -3.14. The molecule has 0 saturated carbocycles. The van der Waals surface area contributed by atoms with Crippen LogP contribution in [0.25, 0.3) is 0 Å². The quantitative estimate of drug-likeness (QED) is 0.616. The zero-order chi connectivity index (χ0) is 19.8. The van der Waals surface area contributed by atoms with E-state index in [1.165, 1.54) is 11.0 Å². The number of halogens is 3. The molecule has 2 N–H and O–H groups in total. The molecular weight excluding hydrogens is 365 g/mol. The summed E-state index contributed by atoms with van der Waals surface area (Å²) < 4.78 is 39.6. The molecule has 1 aliphatic heterocycles. The van der Waals surface area contributed by atoms with Gasteiger partial charge in [0.2, 0.25) is 0 Å². The van der Waals surface area contributed by atoms with Crippen molar-refractivity contribution in [2.24, 2.45) is 0 Å². The number of nitro groups is 1. The molecule has 11 heteroatoms. The fourth-order valence-electron chi connectivity index (χ4n) is 3.33. The first-order valence-electron chi connectivity index (χ1n) is 8.52. The van der Waals surface area contributed by atoms with Gasteiger partial charge in [0.05, 0.1) is 10.5 Å². The number of aryl methyl sites for hydroxylation is 1. The molecule has 1 fully saturated rings. The summed E-state index contributed by atoms with van der Waals surface area (Å²) in [7, 11) is 0. The summed E-state index contributed by atoms with van der Waals surface area (Å²) in [5.41, 5.74) is 0.271. The van der Waals surface area contributed by atoms with Gasteiger partial charge in [-0.25, -0.2) is 9.67 Å². The van der Waals surface area contributed by atoms with Crippen LogP contribution in [0, 0.1) is 24.0 Å². The number of piperazine rings is 1. The maximum Gasteiger partial charge on any atom is 0.419 e. The van der Waals surface area contributed by atoms with Crippen LogP contribution in [0.1, 0.15) is 17.0 Å². The lowest BCUT2D eigenvalue weighted by molar-refractivity contribution is -0.924. The highest BCUT2D eigenvalue weighted by Crippen LogP contribution is 2.28. The van der Waals surface area contributed by atoms with Gasteiger partial charge in [-0.1, -0.05) is 0 Å². The third-order valence-corrected chi connectivity index (χ3v) is 4.83. The Morgan fingerprint density at radius 2 is 1.96 bits per heavy atom. The number of H-pyrrole nitrogens is 1. The van der Waals surface area contributed by atoms with E-state index in [9.17, 15) is 23.3 Å². The normalized spacial score (nSPS) is 16.0. The fourth-order valence-corrected chi connectivity index (χ4v) is 3.33. The summed E-state index contributed by atoms with van der Waals surface area (Å²) in [4.78, 5) is 16.6. The van der Waals surface area contributed by atoms with Crippen LogP contribution >= 0.6 is 0 Å². The molecule has 0 bridgehead atoms. The van der Waals surface area contributed by atoms with Gasteiger partial charge in [0, 0.05) is 6.07 Å². The van der Waals surface area contributed by atoms with Gasteiger partial charge >= 0.3 is 11.9 Å². The zero-order valence-corrected chi connectivity index (χ0v) is 15.0. The summed E-state index contributed by atoms with van der Waals surface area (Å²) in [6, 6.07) is 2.51. The molecule has 146 valence electrons. The Balaban J connectivity index is 1.61. The number of alkyl halides is 3. The second-order valence-electron chi connectivity index (χ2n) is 6.63. The van der Waals surface area contributed by atoms with Gasteiger partial charge in [0.15, 0.2) is 6.67 Å². The average molecular weight is 386 g/mol. The minimum Gasteiger partial charge on any atom is -0.310 e. The molecule has 1 saturated heterocycles. The smallest absolute Gasteiger partial charge is 0.310 e. The van der Waals surface area contributed by atoms with Crippen molar-refractivity contribution in [1.29, 1.82) is 0 Å². The molecule has 0 spiro atoms. The van der Waals surface area contributed by atoms with E-state index in [4.69, 9.17) is 0 Å². The van der Waals surface area contributed by atoms with Crippen LogP contribution in [0.3, 0.4) is 0 Å². The van der Waals surface area contributed by atoms with Gasteiger partial charge in [0.25, 0.3) is 5.82 Å². The molecule has 2 aromatic heterocycles. The van der Waals surface area contributed by atoms with Crippen LogP contribution in [-0.2, 0) is 12.8 Å². The first kappa shape index (κ1) is 19.1. The van der Waals surface area contributed by atoms with Gasteiger partial charge < -0.3 is 4.90 Å². The SMILES string of the molecule is Cc1nn(C[NH+]2CCN(c3ccc(C(F)(F)F)c[nH+]3)CC2)c(C)c1[N+](=O)[O-]. The van der Waals surface area contributed by atoms with Crippen LogP contribution < -0.4 is 14.8 Å². The van der Waals surface area contributed by atoms with E-state index in [0.717, 1.165) is 25.4 Å². The van der Waals surface area contributed by atoms with Crippen LogP contribution in [0.15, 0.2) is 18.3 Å². The first-order chi connectivity index (χ1) is 12.7. The third kappa shape index (κ3) is 4.02. The Labute approximate surface area is 153 Å². The van der Waals surface area contributed by atoms with E-state index in [0.29, 0.717) is 37.0 Å². The van der Waals surface area contributed by atoms with Crippen molar-refractivity contribution in [3.05, 3.63) is 45.4 Å². The second kappa shape index (κ2) is 7.14. The summed E-state index contributed by atoms with van der Waals surface area (Å²) in [6.45, 7) is 6.66.